The van der Waals surface area contributed by atoms with Crippen LogP contribution in [0.3, 0.4) is 0 Å². The molecule has 1 fully saturated rings. The molecule has 2 aliphatic heterocycles. The summed E-state index contributed by atoms with van der Waals surface area (Å²) in [6, 6.07) is 17.8. The minimum atomic E-state index is -0.566. The minimum absolute atomic E-state index is 0.0132. The molecule has 0 unspecified atom stereocenters. The van der Waals surface area contributed by atoms with Crippen LogP contribution in [0.2, 0.25) is 5.02 Å². The average molecular weight is 617 g/mol. The number of nitrogens with zero attached hydrogens (tertiary/aromatic N) is 2. The van der Waals surface area contributed by atoms with Crippen LogP contribution in [0.5, 0.6) is 11.5 Å². The smallest absolute Gasteiger partial charge is 0.294 e. The third kappa shape index (κ3) is 5.69. The molecule has 0 bridgehead atoms. The lowest BCUT2D eigenvalue weighted by atomic mass is 10.1. The van der Waals surface area contributed by atoms with Crippen LogP contribution in [0.15, 0.2) is 65.6 Å². The summed E-state index contributed by atoms with van der Waals surface area (Å²) in [5.41, 5.74) is 4.14. The van der Waals surface area contributed by atoms with Gasteiger partial charge in [-0.1, -0.05) is 35.9 Å². The summed E-state index contributed by atoms with van der Waals surface area (Å²) in [5.74, 6) is -0.158. The number of hydrogen-bond acceptors (Lipinski definition) is 7. The molecule has 4 amide bonds. The van der Waals surface area contributed by atoms with E-state index in [1.54, 1.807) is 42.5 Å². The first-order valence-corrected chi connectivity index (χ1v) is 14.5. The van der Waals surface area contributed by atoms with Gasteiger partial charge in [-0.2, -0.15) is 0 Å². The Kier molecular flexibility index (Phi) is 7.59. The molecule has 1 aromatic heterocycles. The van der Waals surface area contributed by atoms with E-state index in [4.69, 9.17) is 21.1 Å². The second kappa shape index (κ2) is 11.5. The molecule has 3 heterocycles. The molecular weight excluding hydrogens is 592 g/mol. The fourth-order valence-electron chi connectivity index (χ4n) is 4.94. The fraction of sp³-hybridized carbons (Fsp3) is 0.161. The minimum Gasteiger partial charge on any atom is -0.454 e. The van der Waals surface area contributed by atoms with Gasteiger partial charge in [-0.25, -0.2) is 0 Å². The molecule has 4 aromatic rings. The zero-order chi connectivity index (χ0) is 30.2. The summed E-state index contributed by atoms with van der Waals surface area (Å²) >= 11 is 6.90. The SMILES string of the molecule is Cc1ccc(NC(=O)CN2C(=O)S/C(=C\c3c(C)n(CC(=O)Nc4ccc5c(c4)OCO5)c4ccccc34)C2=O)cc1Cl. The van der Waals surface area contributed by atoms with Gasteiger partial charge in [0.2, 0.25) is 18.6 Å². The molecule has 3 aromatic carbocycles. The van der Waals surface area contributed by atoms with Crippen LogP contribution >= 0.6 is 23.4 Å². The van der Waals surface area contributed by atoms with Crippen molar-refractivity contribution in [2.45, 2.75) is 20.4 Å². The second-order valence-electron chi connectivity index (χ2n) is 10.00. The molecule has 0 atom stereocenters. The number of ether oxygens (including phenoxy) is 2. The Morgan fingerprint density at radius 1 is 0.930 bits per heavy atom. The van der Waals surface area contributed by atoms with Gasteiger partial charge in [0.05, 0.1) is 4.91 Å². The van der Waals surface area contributed by atoms with E-state index in [9.17, 15) is 19.2 Å². The number of aryl methyl sites for hydroxylation is 1. The van der Waals surface area contributed by atoms with Crippen molar-refractivity contribution in [3.8, 4) is 11.5 Å². The summed E-state index contributed by atoms with van der Waals surface area (Å²) in [4.78, 5) is 52.8. The molecule has 6 rings (SSSR count). The van der Waals surface area contributed by atoms with Crippen molar-refractivity contribution in [2.75, 3.05) is 24.0 Å². The van der Waals surface area contributed by atoms with Crippen LogP contribution < -0.4 is 20.1 Å². The van der Waals surface area contributed by atoms with Crippen LogP contribution in [0, 0.1) is 13.8 Å². The number of anilines is 2. The van der Waals surface area contributed by atoms with Gasteiger partial charge in [0, 0.05) is 44.6 Å². The number of fused-ring (bicyclic) bond motifs is 2. The van der Waals surface area contributed by atoms with E-state index in [0.717, 1.165) is 38.8 Å². The van der Waals surface area contributed by atoms with Gasteiger partial charge in [-0.3, -0.25) is 24.1 Å². The average Bonchev–Trinajstić information content (AvgIpc) is 3.63. The van der Waals surface area contributed by atoms with Crippen LogP contribution in [0.25, 0.3) is 17.0 Å². The Bertz CT molecular complexity index is 1870. The zero-order valence-corrected chi connectivity index (χ0v) is 24.7. The maximum Gasteiger partial charge on any atom is 0.294 e. The van der Waals surface area contributed by atoms with Crippen molar-refractivity contribution in [1.29, 1.82) is 0 Å². The number of thioether (sulfide) groups is 1. The van der Waals surface area contributed by atoms with Gasteiger partial charge >= 0.3 is 0 Å². The first-order chi connectivity index (χ1) is 20.7. The van der Waals surface area contributed by atoms with Crippen molar-refractivity contribution in [3.63, 3.8) is 0 Å². The third-order valence-electron chi connectivity index (χ3n) is 7.14. The van der Waals surface area contributed by atoms with E-state index in [2.05, 4.69) is 10.6 Å². The Hall–Kier alpha value is -4.74. The standard InChI is InChI=1S/C31H25ClN4O6S/c1-17-7-8-19(11-23(17)32)33-29(38)15-36-30(39)27(43-31(36)40)13-22-18(2)35(24-6-4-3-5-21(22)24)14-28(37)34-20-9-10-25-26(12-20)42-16-41-25/h3-13H,14-16H2,1-2H3,(H,33,38)(H,34,37)/b27-13-. The third-order valence-corrected chi connectivity index (χ3v) is 8.46. The first-order valence-electron chi connectivity index (χ1n) is 13.3. The number of carbonyl (C=O) groups is 4. The van der Waals surface area contributed by atoms with E-state index in [1.807, 2.05) is 42.7 Å². The van der Waals surface area contributed by atoms with E-state index < -0.39 is 23.6 Å². The van der Waals surface area contributed by atoms with E-state index in [1.165, 1.54) is 0 Å². The molecular formula is C31H25ClN4O6S. The predicted octanol–water partition coefficient (Wildman–Crippen LogP) is 5.95. The molecule has 0 spiro atoms. The number of halogens is 1. The molecule has 0 saturated carbocycles. The van der Waals surface area contributed by atoms with Crippen molar-refractivity contribution in [1.82, 2.24) is 9.47 Å². The highest BCUT2D eigenvalue weighted by molar-refractivity contribution is 8.18. The van der Waals surface area contributed by atoms with Crippen molar-refractivity contribution in [3.05, 3.63) is 87.4 Å². The molecule has 2 aliphatic rings. The van der Waals surface area contributed by atoms with Crippen LogP contribution in [-0.2, 0) is 20.9 Å². The highest BCUT2D eigenvalue weighted by atomic mass is 35.5. The Balaban J connectivity index is 1.21. The van der Waals surface area contributed by atoms with Gasteiger partial charge in [0.1, 0.15) is 13.1 Å². The molecule has 10 nitrogen and oxygen atoms in total. The Morgan fingerprint density at radius 3 is 2.42 bits per heavy atom. The molecule has 0 radical (unpaired) electrons. The van der Waals surface area contributed by atoms with Crippen LogP contribution in [0.4, 0.5) is 16.2 Å². The highest BCUT2D eigenvalue weighted by Crippen LogP contribution is 2.36. The predicted molar refractivity (Wildman–Crippen MR) is 165 cm³/mol. The number of hydrogen-bond donors (Lipinski definition) is 2. The number of nitrogens with one attached hydrogen (secondary N) is 2. The fourth-order valence-corrected chi connectivity index (χ4v) is 5.94. The number of carbonyl (C=O) groups excluding carboxylic acids is 4. The number of rotatable bonds is 7. The van der Waals surface area contributed by atoms with E-state index in [-0.39, 0.29) is 24.2 Å². The summed E-state index contributed by atoms with van der Waals surface area (Å²) in [6.07, 6.45) is 1.65. The molecule has 43 heavy (non-hydrogen) atoms. The second-order valence-corrected chi connectivity index (χ2v) is 11.4. The largest absolute Gasteiger partial charge is 0.454 e. The first kappa shape index (κ1) is 28.4. The van der Waals surface area contributed by atoms with Crippen molar-refractivity contribution in [2.24, 2.45) is 0 Å². The molecule has 2 N–H and O–H groups in total. The number of para-hydroxylation sites is 1. The van der Waals surface area contributed by atoms with Gasteiger partial charge < -0.3 is 24.7 Å². The van der Waals surface area contributed by atoms with Crippen LogP contribution in [-0.4, -0.2) is 45.8 Å². The molecule has 0 aliphatic carbocycles. The topological polar surface area (TPSA) is 119 Å². The van der Waals surface area contributed by atoms with Crippen LogP contribution in [0.1, 0.15) is 16.8 Å². The van der Waals surface area contributed by atoms with Crippen molar-refractivity contribution >= 4 is 74.7 Å². The zero-order valence-electron chi connectivity index (χ0n) is 23.1. The lowest BCUT2D eigenvalue weighted by molar-refractivity contribution is -0.127. The van der Waals surface area contributed by atoms with Gasteiger partial charge in [-0.05, 0) is 67.6 Å². The van der Waals surface area contributed by atoms with E-state index >= 15 is 0 Å². The normalized spacial score (nSPS) is 15.0. The maximum atomic E-state index is 13.2. The number of aromatic nitrogens is 1. The Morgan fingerprint density at radius 2 is 1.63 bits per heavy atom. The summed E-state index contributed by atoms with van der Waals surface area (Å²) in [7, 11) is 0. The number of amides is 4. The number of benzene rings is 3. The number of imide groups is 1. The maximum absolute atomic E-state index is 13.2. The molecule has 12 heteroatoms. The summed E-state index contributed by atoms with van der Waals surface area (Å²) < 4.78 is 12.6. The lowest BCUT2D eigenvalue weighted by Crippen LogP contribution is -2.36. The molecule has 218 valence electrons. The van der Waals surface area contributed by atoms with E-state index in [0.29, 0.717) is 33.5 Å². The summed E-state index contributed by atoms with van der Waals surface area (Å²) in [5, 5.41) is 6.33. The monoisotopic (exact) mass is 616 g/mol. The van der Waals surface area contributed by atoms with Gasteiger partial charge in [-0.15, -0.1) is 0 Å². The van der Waals surface area contributed by atoms with Gasteiger partial charge in [0.25, 0.3) is 11.1 Å². The molecule has 1 saturated heterocycles. The Labute approximate surface area is 255 Å². The van der Waals surface area contributed by atoms with Gasteiger partial charge in [0.15, 0.2) is 11.5 Å². The quantitative estimate of drug-likeness (QED) is 0.246. The summed E-state index contributed by atoms with van der Waals surface area (Å²) in [6.45, 7) is 3.41. The highest BCUT2D eigenvalue weighted by Gasteiger charge is 2.36. The van der Waals surface area contributed by atoms with Crippen molar-refractivity contribution < 1.29 is 28.7 Å². The lowest BCUT2D eigenvalue weighted by Gasteiger charge is -2.13.